The molecule has 1 fully saturated rings. The topological polar surface area (TPSA) is 59.4 Å². The average molecular weight is 332 g/mol. The van der Waals surface area contributed by atoms with Crippen molar-refractivity contribution in [2.75, 3.05) is 19.7 Å². The SMILES string of the molecule is C[C@@H]1CN(C(=O)N[C@@H](c2ccccc2F)c2nccn2C)CCO1. The number of morpholine rings is 1. The molecule has 7 heteroatoms. The number of hydrogen-bond acceptors (Lipinski definition) is 3. The van der Waals surface area contributed by atoms with Crippen LogP contribution in [0.3, 0.4) is 0 Å². The number of ether oxygens (including phenoxy) is 1. The van der Waals surface area contributed by atoms with Gasteiger partial charge in [0, 0.05) is 38.1 Å². The molecule has 0 radical (unpaired) electrons. The lowest BCUT2D eigenvalue weighted by Gasteiger charge is -2.32. The van der Waals surface area contributed by atoms with Gasteiger partial charge in [0.2, 0.25) is 0 Å². The Hall–Kier alpha value is -2.41. The van der Waals surface area contributed by atoms with Gasteiger partial charge in [-0.25, -0.2) is 14.2 Å². The molecule has 2 heterocycles. The maximum atomic E-state index is 14.3. The molecule has 0 bridgehead atoms. The van der Waals surface area contributed by atoms with Crippen molar-refractivity contribution in [3.05, 3.63) is 53.9 Å². The van der Waals surface area contributed by atoms with E-state index in [1.165, 1.54) is 6.07 Å². The van der Waals surface area contributed by atoms with Crippen molar-refractivity contribution < 1.29 is 13.9 Å². The molecule has 128 valence electrons. The molecule has 0 saturated carbocycles. The van der Waals surface area contributed by atoms with Crippen molar-refractivity contribution in [1.82, 2.24) is 19.8 Å². The van der Waals surface area contributed by atoms with E-state index >= 15 is 0 Å². The van der Waals surface area contributed by atoms with Crippen molar-refractivity contribution in [1.29, 1.82) is 0 Å². The van der Waals surface area contributed by atoms with Gasteiger partial charge in [0.1, 0.15) is 17.7 Å². The Bertz CT molecular complexity index is 718. The first kappa shape index (κ1) is 16.4. The number of benzene rings is 1. The molecule has 1 aliphatic rings. The molecule has 0 unspecified atom stereocenters. The zero-order valence-corrected chi connectivity index (χ0v) is 13.8. The Balaban J connectivity index is 1.87. The molecule has 2 aromatic rings. The van der Waals surface area contributed by atoms with Crippen LogP contribution < -0.4 is 5.32 Å². The standard InChI is InChI=1S/C17H21FN4O2/c1-12-11-22(9-10-24-12)17(23)20-15(16-19-7-8-21(16)2)13-5-3-4-6-14(13)18/h3-8,12,15H,9-11H2,1-2H3,(H,20,23)/t12-,15+/m1/s1. The van der Waals surface area contributed by atoms with E-state index in [0.29, 0.717) is 31.1 Å². The fourth-order valence-corrected chi connectivity index (χ4v) is 2.86. The number of carbonyl (C=O) groups excluding carboxylic acids is 1. The molecule has 6 nitrogen and oxygen atoms in total. The average Bonchev–Trinajstić information content (AvgIpc) is 2.99. The summed E-state index contributed by atoms with van der Waals surface area (Å²) in [6, 6.07) is 5.51. The summed E-state index contributed by atoms with van der Waals surface area (Å²) in [4.78, 5) is 18.6. The third-order valence-electron chi connectivity index (χ3n) is 4.13. The van der Waals surface area contributed by atoms with Gasteiger partial charge >= 0.3 is 6.03 Å². The number of nitrogens with one attached hydrogen (secondary N) is 1. The number of carbonyl (C=O) groups is 1. The number of hydrogen-bond donors (Lipinski definition) is 1. The smallest absolute Gasteiger partial charge is 0.318 e. The lowest BCUT2D eigenvalue weighted by Crippen LogP contribution is -2.50. The van der Waals surface area contributed by atoms with Crippen LogP contribution in [0.1, 0.15) is 24.4 Å². The number of amides is 2. The van der Waals surface area contributed by atoms with Gasteiger partial charge in [-0.2, -0.15) is 0 Å². The van der Waals surface area contributed by atoms with Crippen LogP contribution >= 0.6 is 0 Å². The summed E-state index contributed by atoms with van der Waals surface area (Å²) < 4.78 is 21.5. The quantitative estimate of drug-likeness (QED) is 0.936. The summed E-state index contributed by atoms with van der Waals surface area (Å²) in [5, 5.41) is 2.92. The van der Waals surface area contributed by atoms with Crippen LogP contribution in [0.2, 0.25) is 0 Å². The van der Waals surface area contributed by atoms with Crippen molar-refractivity contribution in [3.8, 4) is 0 Å². The maximum absolute atomic E-state index is 14.3. The summed E-state index contributed by atoms with van der Waals surface area (Å²) in [5.74, 6) is 0.205. The number of nitrogens with zero attached hydrogens (tertiary/aromatic N) is 3. The van der Waals surface area contributed by atoms with E-state index in [9.17, 15) is 9.18 Å². The van der Waals surface area contributed by atoms with Crippen LogP contribution in [0.4, 0.5) is 9.18 Å². The van der Waals surface area contributed by atoms with Gasteiger partial charge in [0.15, 0.2) is 0 Å². The molecule has 24 heavy (non-hydrogen) atoms. The Morgan fingerprint density at radius 2 is 2.25 bits per heavy atom. The van der Waals surface area contributed by atoms with Crippen LogP contribution in [0.25, 0.3) is 0 Å². The molecule has 0 spiro atoms. The van der Waals surface area contributed by atoms with Gasteiger partial charge in [-0.3, -0.25) is 0 Å². The number of halogens is 1. The summed E-state index contributed by atoms with van der Waals surface area (Å²) in [5.41, 5.74) is 0.390. The molecule has 1 N–H and O–H groups in total. The molecule has 2 amide bonds. The first-order chi connectivity index (χ1) is 11.6. The van der Waals surface area contributed by atoms with Gasteiger partial charge in [0.05, 0.1) is 12.7 Å². The number of rotatable bonds is 3. The Kier molecular flexibility index (Phi) is 4.80. The predicted molar refractivity (Wildman–Crippen MR) is 87.0 cm³/mol. The molecular formula is C17H21FN4O2. The van der Waals surface area contributed by atoms with Crippen molar-refractivity contribution in [3.63, 3.8) is 0 Å². The molecule has 1 aromatic carbocycles. The summed E-state index contributed by atoms with van der Waals surface area (Å²) in [7, 11) is 1.82. The van der Waals surface area contributed by atoms with E-state index in [4.69, 9.17) is 4.74 Å². The van der Waals surface area contributed by atoms with E-state index in [1.54, 1.807) is 40.1 Å². The molecule has 1 saturated heterocycles. The number of aryl methyl sites for hydroxylation is 1. The first-order valence-electron chi connectivity index (χ1n) is 7.95. The van der Waals surface area contributed by atoms with Crippen LogP contribution in [0.5, 0.6) is 0 Å². The highest BCUT2D eigenvalue weighted by Gasteiger charge is 2.27. The number of aromatic nitrogens is 2. The second-order valence-electron chi connectivity index (χ2n) is 5.93. The highest BCUT2D eigenvalue weighted by Crippen LogP contribution is 2.23. The monoisotopic (exact) mass is 332 g/mol. The molecular weight excluding hydrogens is 311 g/mol. The van der Waals surface area contributed by atoms with Crippen molar-refractivity contribution in [2.45, 2.75) is 19.1 Å². The van der Waals surface area contributed by atoms with Gasteiger partial charge in [-0.05, 0) is 13.0 Å². The largest absolute Gasteiger partial charge is 0.375 e. The second-order valence-corrected chi connectivity index (χ2v) is 5.93. The fraction of sp³-hybridized carbons (Fsp3) is 0.412. The summed E-state index contributed by atoms with van der Waals surface area (Å²) in [6.07, 6.45) is 3.39. The zero-order valence-electron chi connectivity index (χ0n) is 13.8. The van der Waals surface area contributed by atoms with E-state index in [-0.39, 0.29) is 18.0 Å². The molecule has 0 aliphatic carbocycles. The number of imidazole rings is 1. The minimum atomic E-state index is -0.656. The lowest BCUT2D eigenvalue weighted by molar-refractivity contribution is -0.00377. The minimum Gasteiger partial charge on any atom is -0.375 e. The minimum absolute atomic E-state index is 0.00965. The fourth-order valence-electron chi connectivity index (χ4n) is 2.86. The Labute approximate surface area is 140 Å². The van der Waals surface area contributed by atoms with Crippen LogP contribution in [-0.2, 0) is 11.8 Å². The van der Waals surface area contributed by atoms with Gasteiger partial charge < -0.3 is 19.5 Å². The zero-order chi connectivity index (χ0) is 17.1. The van der Waals surface area contributed by atoms with E-state index in [0.717, 1.165) is 0 Å². The molecule has 3 rings (SSSR count). The van der Waals surface area contributed by atoms with Gasteiger partial charge in [-0.15, -0.1) is 0 Å². The lowest BCUT2D eigenvalue weighted by atomic mass is 10.1. The van der Waals surface area contributed by atoms with Crippen LogP contribution in [0, 0.1) is 5.82 Å². The summed E-state index contributed by atoms with van der Waals surface area (Å²) >= 11 is 0. The third-order valence-corrected chi connectivity index (χ3v) is 4.13. The normalized spacial score (nSPS) is 19.1. The van der Waals surface area contributed by atoms with Crippen LogP contribution in [0.15, 0.2) is 36.7 Å². The summed E-state index contributed by atoms with van der Waals surface area (Å²) in [6.45, 7) is 3.45. The third kappa shape index (κ3) is 3.41. The van der Waals surface area contributed by atoms with Crippen molar-refractivity contribution >= 4 is 6.03 Å². The Morgan fingerprint density at radius 3 is 2.92 bits per heavy atom. The molecule has 2 atom stereocenters. The first-order valence-corrected chi connectivity index (χ1v) is 7.95. The maximum Gasteiger partial charge on any atom is 0.318 e. The Morgan fingerprint density at radius 1 is 1.46 bits per heavy atom. The van der Waals surface area contributed by atoms with Crippen LogP contribution in [-0.4, -0.2) is 46.3 Å². The van der Waals surface area contributed by atoms with Crippen molar-refractivity contribution in [2.24, 2.45) is 7.05 Å². The molecule has 1 aromatic heterocycles. The van der Waals surface area contributed by atoms with Gasteiger partial charge in [-0.1, -0.05) is 18.2 Å². The predicted octanol–water partition coefficient (Wildman–Crippen LogP) is 2.08. The van der Waals surface area contributed by atoms with E-state index < -0.39 is 6.04 Å². The highest BCUT2D eigenvalue weighted by atomic mass is 19.1. The number of urea groups is 1. The second kappa shape index (κ2) is 7.00. The highest BCUT2D eigenvalue weighted by molar-refractivity contribution is 5.75. The molecule has 1 aliphatic heterocycles. The van der Waals surface area contributed by atoms with E-state index in [1.807, 2.05) is 14.0 Å². The van der Waals surface area contributed by atoms with Gasteiger partial charge in [0.25, 0.3) is 0 Å². The van der Waals surface area contributed by atoms with E-state index in [2.05, 4.69) is 10.3 Å².